The van der Waals surface area contributed by atoms with Crippen LogP contribution in [0.2, 0.25) is 0 Å². The molecule has 0 unspecified atom stereocenters. The second kappa shape index (κ2) is 10.3. The van der Waals surface area contributed by atoms with Gasteiger partial charge in [-0.05, 0) is 78.7 Å². The first-order valence-electron chi connectivity index (χ1n) is 10.6. The van der Waals surface area contributed by atoms with E-state index < -0.39 is 12.6 Å². The summed E-state index contributed by atoms with van der Waals surface area (Å²) in [7, 11) is 0. The number of aromatic nitrogens is 1. The average molecular weight is 453 g/mol. The highest BCUT2D eigenvalue weighted by Crippen LogP contribution is 2.26. The van der Waals surface area contributed by atoms with Crippen LogP contribution in [-0.4, -0.2) is 34.4 Å². The standard InChI is InChI=1S/C27H23N3O4/c1-19-7-16-25(21-5-3-2-4-6-21)30(19)23-12-10-22(11-13-23)27(33)29-28-17-20-8-14-24(15-9-20)34-18-26(31)32/h2-17H,18H2,1H3,(H,29,33)(H,31,32)/b28-17+. The number of carboxylic acid groups (broad SMARTS) is 1. The molecule has 7 nitrogen and oxygen atoms in total. The molecule has 0 bridgehead atoms. The molecule has 0 aliphatic carbocycles. The van der Waals surface area contributed by atoms with Gasteiger partial charge in [0.2, 0.25) is 0 Å². The molecule has 0 aliphatic heterocycles. The van der Waals surface area contributed by atoms with E-state index in [0.717, 1.165) is 28.2 Å². The summed E-state index contributed by atoms with van der Waals surface area (Å²) in [4.78, 5) is 23.0. The summed E-state index contributed by atoms with van der Waals surface area (Å²) in [6, 6.07) is 28.4. The van der Waals surface area contributed by atoms with Gasteiger partial charge in [0.05, 0.1) is 11.9 Å². The number of amides is 1. The Labute approximate surface area is 196 Å². The zero-order chi connectivity index (χ0) is 23.9. The van der Waals surface area contributed by atoms with Gasteiger partial charge >= 0.3 is 5.97 Å². The third kappa shape index (κ3) is 5.39. The zero-order valence-corrected chi connectivity index (χ0v) is 18.5. The van der Waals surface area contributed by atoms with Crippen molar-refractivity contribution >= 4 is 18.1 Å². The fourth-order valence-electron chi connectivity index (χ4n) is 3.50. The van der Waals surface area contributed by atoms with Gasteiger partial charge in [-0.1, -0.05) is 30.3 Å². The van der Waals surface area contributed by atoms with Gasteiger partial charge in [0, 0.05) is 16.9 Å². The van der Waals surface area contributed by atoms with Crippen molar-refractivity contribution in [2.75, 3.05) is 6.61 Å². The van der Waals surface area contributed by atoms with E-state index in [0.29, 0.717) is 11.3 Å². The number of aryl methyl sites for hydroxylation is 1. The Hall–Kier alpha value is -4.65. The van der Waals surface area contributed by atoms with Crippen molar-refractivity contribution in [3.8, 4) is 22.7 Å². The van der Waals surface area contributed by atoms with Crippen LogP contribution >= 0.6 is 0 Å². The Morgan fingerprint density at radius 1 is 0.941 bits per heavy atom. The maximum atomic E-state index is 12.5. The Morgan fingerprint density at radius 3 is 2.32 bits per heavy atom. The molecule has 0 saturated carbocycles. The Kier molecular flexibility index (Phi) is 6.84. The van der Waals surface area contributed by atoms with E-state index in [-0.39, 0.29) is 5.91 Å². The molecule has 4 rings (SSSR count). The predicted molar refractivity (Wildman–Crippen MR) is 131 cm³/mol. The average Bonchev–Trinajstić information content (AvgIpc) is 3.25. The molecule has 4 aromatic rings. The molecule has 1 aromatic heterocycles. The molecule has 0 fully saturated rings. The van der Waals surface area contributed by atoms with Crippen LogP contribution in [0, 0.1) is 6.92 Å². The van der Waals surface area contributed by atoms with E-state index in [9.17, 15) is 9.59 Å². The summed E-state index contributed by atoms with van der Waals surface area (Å²) < 4.78 is 7.24. The highest BCUT2D eigenvalue weighted by atomic mass is 16.5. The SMILES string of the molecule is Cc1ccc(-c2ccccc2)n1-c1ccc(C(=O)N/N=C/c2ccc(OCC(=O)O)cc2)cc1. The zero-order valence-electron chi connectivity index (χ0n) is 18.5. The largest absolute Gasteiger partial charge is 0.482 e. The third-order valence-corrected chi connectivity index (χ3v) is 5.16. The first-order valence-corrected chi connectivity index (χ1v) is 10.6. The molecule has 0 aliphatic rings. The third-order valence-electron chi connectivity index (χ3n) is 5.16. The van der Waals surface area contributed by atoms with Crippen LogP contribution in [0.15, 0.2) is 96.1 Å². The molecule has 0 spiro atoms. The molecule has 34 heavy (non-hydrogen) atoms. The van der Waals surface area contributed by atoms with Gasteiger partial charge in [0.15, 0.2) is 6.61 Å². The number of hydrogen-bond acceptors (Lipinski definition) is 4. The van der Waals surface area contributed by atoms with Crippen LogP contribution in [-0.2, 0) is 4.79 Å². The highest BCUT2D eigenvalue weighted by Gasteiger charge is 2.11. The summed E-state index contributed by atoms with van der Waals surface area (Å²) in [5, 5.41) is 12.6. The summed E-state index contributed by atoms with van der Waals surface area (Å²) in [5.74, 6) is -0.921. The number of carboxylic acids is 1. The predicted octanol–water partition coefficient (Wildman–Crippen LogP) is 4.68. The molecule has 1 amide bonds. The number of aliphatic carboxylic acids is 1. The maximum absolute atomic E-state index is 12.5. The minimum atomic E-state index is -1.04. The van der Waals surface area contributed by atoms with Crippen molar-refractivity contribution in [3.05, 3.63) is 108 Å². The molecule has 0 atom stereocenters. The van der Waals surface area contributed by atoms with E-state index in [1.807, 2.05) is 37.3 Å². The summed E-state index contributed by atoms with van der Waals surface area (Å²) >= 11 is 0. The normalized spacial score (nSPS) is 10.9. The number of carbonyl (C=O) groups is 2. The van der Waals surface area contributed by atoms with Crippen LogP contribution in [0.1, 0.15) is 21.6 Å². The molecule has 2 N–H and O–H groups in total. The first-order chi connectivity index (χ1) is 16.5. The monoisotopic (exact) mass is 453 g/mol. The van der Waals surface area contributed by atoms with Crippen molar-refractivity contribution in [1.82, 2.24) is 9.99 Å². The van der Waals surface area contributed by atoms with E-state index in [1.165, 1.54) is 6.21 Å². The minimum absolute atomic E-state index is 0.322. The lowest BCUT2D eigenvalue weighted by molar-refractivity contribution is -0.139. The number of rotatable bonds is 8. The maximum Gasteiger partial charge on any atom is 0.341 e. The van der Waals surface area contributed by atoms with Gasteiger partial charge in [0.25, 0.3) is 5.91 Å². The molecular weight excluding hydrogens is 430 g/mol. The van der Waals surface area contributed by atoms with Gasteiger partial charge in [0.1, 0.15) is 5.75 Å². The molecular formula is C27H23N3O4. The highest BCUT2D eigenvalue weighted by molar-refractivity contribution is 5.95. The Morgan fingerprint density at radius 2 is 1.65 bits per heavy atom. The number of hydrazone groups is 1. The van der Waals surface area contributed by atoms with Gasteiger partial charge in [-0.2, -0.15) is 5.10 Å². The molecule has 0 saturated heterocycles. The lowest BCUT2D eigenvalue weighted by Gasteiger charge is -2.12. The van der Waals surface area contributed by atoms with Crippen LogP contribution in [0.25, 0.3) is 16.9 Å². The first kappa shape index (κ1) is 22.5. The van der Waals surface area contributed by atoms with E-state index in [4.69, 9.17) is 9.84 Å². The fraction of sp³-hybridized carbons (Fsp3) is 0.0741. The smallest absolute Gasteiger partial charge is 0.341 e. The lowest BCUT2D eigenvalue weighted by atomic mass is 10.1. The lowest BCUT2D eigenvalue weighted by Crippen LogP contribution is -2.17. The Bertz CT molecular complexity index is 1310. The van der Waals surface area contributed by atoms with E-state index in [2.05, 4.69) is 39.4 Å². The van der Waals surface area contributed by atoms with E-state index >= 15 is 0 Å². The molecule has 3 aromatic carbocycles. The fourth-order valence-corrected chi connectivity index (χ4v) is 3.50. The summed E-state index contributed by atoms with van der Waals surface area (Å²) in [6.07, 6.45) is 1.50. The van der Waals surface area contributed by atoms with Crippen molar-refractivity contribution in [2.24, 2.45) is 5.10 Å². The number of ether oxygens (including phenoxy) is 1. The number of benzene rings is 3. The summed E-state index contributed by atoms with van der Waals surface area (Å²) in [6.45, 7) is 1.65. The quantitative estimate of drug-likeness (QED) is 0.299. The van der Waals surface area contributed by atoms with Crippen LogP contribution in [0.4, 0.5) is 0 Å². The second-order valence-electron chi connectivity index (χ2n) is 7.56. The van der Waals surface area contributed by atoms with Crippen molar-refractivity contribution < 1.29 is 19.4 Å². The topological polar surface area (TPSA) is 92.9 Å². The van der Waals surface area contributed by atoms with E-state index in [1.54, 1.807) is 36.4 Å². The Balaban J connectivity index is 1.41. The van der Waals surface area contributed by atoms with Crippen molar-refractivity contribution in [1.29, 1.82) is 0 Å². The number of carbonyl (C=O) groups excluding carboxylic acids is 1. The molecule has 7 heteroatoms. The van der Waals surface area contributed by atoms with Crippen molar-refractivity contribution in [3.63, 3.8) is 0 Å². The van der Waals surface area contributed by atoms with Crippen LogP contribution < -0.4 is 10.2 Å². The number of nitrogens with zero attached hydrogens (tertiary/aromatic N) is 2. The van der Waals surface area contributed by atoms with Crippen LogP contribution in [0.5, 0.6) is 5.75 Å². The van der Waals surface area contributed by atoms with Crippen LogP contribution in [0.3, 0.4) is 0 Å². The molecule has 0 radical (unpaired) electrons. The van der Waals surface area contributed by atoms with Gasteiger partial charge in [-0.3, -0.25) is 4.79 Å². The van der Waals surface area contributed by atoms with Gasteiger partial charge < -0.3 is 14.4 Å². The number of nitrogens with one attached hydrogen (secondary N) is 1. The van der Waals surface area contributed by atoms with Gasteiger partial charge in [-0.25, -0.2) is 10.2 Å². The van der Waals surface area contributed by atoms with Gasteiger partial charge in [-0.15, -0.1) is 0 Å². The minimum Gasteiger partial charge on any atom is -0.482 e. The summed E-state index contributed by atoms with van der Waals surface area (Å²) in [5.41, 5.74) is 8.00. The second-order valence-corrected chi connectivity index (χ2v) is 7.56. The molecule has 170 valence electrons. The van der Waals surface area contributed by atoms with Crippen molar-refractivity contribution in [2.45, 2.75) is 6.92 Å². The number of hydrogen-bond donors (Lipinski definition) is 2. The molecule has 1 heterocycles.